The summed E-state index contributed by atoms with van der Waals surface area (Å²) in [6.45, 7) is 9.94. The van der Waals surface area contributed by atoms with Crippen molar-refractivity contribution >= 4 is 11.3 Å². The number of hydrogen-bond donors (Lipinski definition) is 1. The zero-order valence-electron chi connectivity index (χ0n) is 13.6. The Morgan fingerprint density at radius 3 is 2.29 bits per heavy atom. The van der Waals surface area contributed by atoms with Crippen molar-refractivity contribution in [2.75, 3.05) is 6.54 Å². The van der Waals surface area contributed by atoms with Crippen LogP contribution in [0.5, 0.6) is 0 Å². The van der Waals surface area contributed by atoms with E-state index in [0.29, 0.717) is 12.0 Å². The van der Waals surface area contributed by atoms with Crippen molar-refractivity contribution in [3.63, 3.8) is 0 Å². The Morgan fingerprint density at radius 1 is 1.00 bits per heavy atom. The Balaban J connectivity index is 2.18. The van der Waals surface area contributed by atoms with Crippen molar-refractivity contribution < 1.29 is 0 Å². The Kier molecular flexibility index (Phi) is 6.01. The summed E-state index contributed by atoms with van der Waals surface area (Å²) in [5.74, 6) is 0.598. The van der Waals surface area contributed by atoms with E-state index in [1.54, 1.807) is 0 Å². The highest BCUT2D eigenvalue weighted by Gasteiger charge is 2.12. The zero-order chi connectivity index (χ0) is 15.2. The number of hydrogen-bond acceptors (Lipinski definition) is 2. The van der Waals surface area contributed by atoms with Gasteiger partial charge in [0.1, 0.15) is 0 Å². The lowest BCUT2D eigenvalue weighted by molar-refractivity contribution is 0.516. The van der Waals surface area contributed by atoms with Crippen molar-refractivity contribution in [1.29, 1.82) is 0 Å². The average Bonchev–Trinajstić information content (AvgIpc) is 2.97. The fourth-order valence-electron chi connectivity index (χ4n) is 2.61. The minimum Gasteiger partial charge on any atom is -0.310 e. The van der Waals surface area contributed by atoms with Gasteiger partial charge < -0.3 is 5.32 Å². The Labute approximate surface area is 133 Å². The summed E-state index contributed by atoms with van der Waals surface area (Å²) in [5.41, 5.74) is 2.74. The second-order valence-corrected chi connectivity index (χ2v) is 6.99. The molecular weight excluding hydrogens is 274 g/mol. The molecule has 0 saturated carbocycles. The normalized spacial score (nSPS) is 12.8. The predicted molar refractivity (Wildman–Crippen MR) is 95.2 cm³/mol. The van der Waals surface area contributed by atoms with Crippen LogP contribution in [-0.2, 0) is 0 Å². The van der Waals surface area contributed by atoms with Crippen LogP contribution in [0.3, 0.4) is 0 Å². The summed E-state index contributed by atoms with van der Waals surface area (Å²) < 4.78 is 0. The van der Waals surface area contributed by atoms with Gasteiger partial charge in [0.25, 0.3) is 0 Å². The second-order valence-electron chi connectivity index (χ2n) is 5.88. The summed E-state index contributed by atoms with van der Waals surface area (Å²) in [7, 11) is 0. The lowest BCUT2D eigenvalue weighted by Crippen LogP contribution is -2.19. The quantitative estimate of drug-likeness (QED) is 0.662. The van der Waals surface area contributed by atoms with E-state index in [2.05, 4.69) is 69.4 Å². The molecule has 1 aromatic heterocycles. The van der Waals surface area contributed by atoms with Crippen molar-refractivity contribution in [2.45, 2.75) is 52.5 Å². The number of rotatable bonds is 7. The molecule has 0 fully saturated rings. The predicted octanol–water partition coefficient (Wildman–Crippen LogP) is 5.99. The van der Waals surface area contributed by atoms with Gasteiger partial charge in [0.05, 0.1) is 0 Å². The van der Waals surface area contributed by atoms with Crippen molar-refractivity contribution in [3.8, 4) is 10.4 Å². The summed E-state index contributed by atoms with van der Waals surface area (Å²) in [4.78, 5) is 2.83. The molecule has 21 heavy (non-hydrogen) atoms. The molecule has 0 spiro atoms. The molecule has 0 aliphatic heterocycles. The fourth-order valence-corrected chi connectivity index (χ4v) is 3.73. The average molecular weight is 301 g/mol. The maximum atomic E-state index is 3.60. The van der Waals surface area contributed by atoms with E-state index >= 15 is 0 Å². The van der Waals surface area contributed by atoms with Crippen LogP contribution < -0.4 is 5.32 Å². The highest BCUT2D eigenvalue weighted by Crippen LogP contribution is 2.33. The molecule has 0 amide bonds. The van der Waals surface area contributed by atoms with Gasteiger partial charge in [-0.05, 0) is 42.1 Å². The van der Waals surface area contributed by atoms with Gasteiger partial charge in [0, 0.05) is 15.8 Å². The van der Waals surface area contributed by atoms with Crippen LogP contribution in [0.4, 0.5) is 0 Å². The van der Waals surface area contributed by atoms with Crippen LogP contribution in [0, 0.1) is 0 Å². The van der Waals surface area contributed by atoms with E-state index in [-0.39, 0.29) is 0 Å². The van der Waals surface area contributed by atoms with E-state index in [0.717, 1.165) is 6.54 Å². The minimum atomic E-state index is 0.508. The van der Waals surface area contributed by atoms with Crippen LogP contribution >= 0.6 is 11.3 Å². The van der Waals surface area contributed by atoms with Gasteiger partial charge in [-0.25, -0.2) is 0 Å². The van der Waals surface area contributed by atoms with Crippen LogP contribution in [0.2, 0.25) is 0 Å². The molecule has 1 atom stereocenters. The SMILES string of the molecule is CCCC(NCC)c1ccc(-c2ccc(C(C)C)cc2)s1. The third kappa shape index (κ3) is 4.18. The summed E-state index contributed by atoms with van der Waals surface area (Å²) in [5, 5.41) is 3.60. The van der Waals surface area contributed by atoms with Gasteiger partial charge in [-0.3, -0.25) is 0 Å². The van der Waals surface area contributed by atoms with Gasteiger partial charge >= 0.3 is 0 Å². The molecule has 114 valence electrons. The van der Waals surface area contributed by atoms with E-state index in [9.17, 15) is 0 Å². The molecule has 2 aromatic rings. The van der Waals surface area contributed by atoms with E-state index in [1.807, 2.05) is 11.3 Å². The van der Waals surface area contributed by atoms with Crippen molar-refractivity contribution in [3.05, 3.63) is 46.8 Å². The summed E-state index contributed by atoms with van der Waals surface area (Å²) in [6, 6.07) is 14.1. The smallest absolute Gasteiger partial charge is 0.0414 e. The van der Waals surface area contributed by atoms with Gasteiger partial charge in [0.2, 0.25) is 0 Å². The highest BCUT2D eigenvalue weighted by atomic mass is 32.1. The van der Waals surface area contributed by atoms with E-state index in [4.69, 9.17) is 0 Å². The first-order valence-corrected chi connectivity index (χ1v) is 8.90. The third-order valence-corrected chi connectivity index (χ3v) is 5.11. The number of nitrogens with one attached hydrogen (secondary N) is 1. The second kappa shape index (κ2) is 7.77. The Hall–Kier alpha value is -1.12. The molecule has 0 radical (unpaired) electrons. The maximum Gasteiger partial charge on any atom is 0.0414 e. The van der Waals surface area contributed by atoms with Crippen molar-refractivity contribution in [2.24, 2.45) is 0 Å². The lowest BCUT2D eigenvalue weighted by atomic mass is 10.0. The van der Waals surface area contributed by atoms with E-state index in [1.165, 1.54) is 33.7 Å². The van der Waals surface area contributed by atoms with Gasteiger partial charge in [-0.1, -0.05) is 58.4 Å². The molecule has 2 rings (SSSR count). The van der Waals surface area contributed by atoms with Crippen LogP contribution in [-0.4, -0.2) is 6.54 Å². The first-order valence-electron chi connectivity index (χ1n) is 8.09. The summed E-state index contributed by atoms with van der Waals surface area (Å²) >= 11 is 1.93. The Morgan fingerprint density at radius 2 is 1.71 bits per heavy atom. The molecule has 0 bridgehead atoms. The van der Waals surface area contributed by atoms with Gasteiger partial charge in [-0.15, -0.1) is 11.3 Å². The lowest BCUT2D eigenvalue weighted by Gasteiger charge is -2.15. The Bertz CT molecular complexity index is 533. The molecule has 0 saturated heterocycles. The topological polar surface area (TPSA) is 12.0 Å². The highest BCUT2D eigenvalue weighted by molar-refractivity contribution is 7.15. The molecule has 1 unspecified atom stereocenters. The largest absolute Gasteiger partial charge is 0.310 e. The maximum absolute atomic E-state index is 3.60. The van der Waals surface area contributed by atoms with Gasteiger partial charge in [0.15, 0.2) is 0 Å². The van der Waals surface area contributed by atoms with Gasteiger partial charge in [-0.2, -0.15) is 0 Å². The fraction of sp³-hybridized carbons (Fsp3) is 0.474. The van der Waals surface area contributed by atoms with Crippen LogP contribution in [0.1, 0.15) is 62.9 Å². The van der Waals surface area contributed by atoms with Crippen LogP contribution in [0.15, 0.2) is 36.4 Å². The molecule has 1 aromatic carbocycles. The molecule has 1 N–H and O–H groups in total. The van der Waals surface area contributed by atoms with Crippen molar-refractivity contribution in [1.82, 2.24) is 5.32 Å². The first kappa shape index (κ1) is 16.3. The zero-order valence-corrected chi connectivity index (χ0v) is 14.5. The molecule has 0 aliphatic rings. The number of benzene rings is 1. The molecule has 1 heterocycles. The minimum absolute atomic E-state index is 0.508. The third-order valence-electron chi connectivity index (χ3n) is 3.86. The first-order chi connectivity index (χ1) is 10.2. The van der Waals surface area contributed by atoms with Crippen LogP contribution in [0.25, 0.3) is 10.4 Å². The van der Waals surface area contributed by atoms with E-state index < -0.39 is 0 Å². The molecule has 0 aliphatic carbocycles. The number of thiophene rings is 1. The summed E-state index contributed by atoms with van der Waals surface area (Å²) in [6.07, 6.45) is 2.42. The molecular formula is C19H27NS. The molecule has 2 heteroatoms. The standard InChI is InChI=1S/C19H27NS/c1-5-7-17(20-6-2)19-13-12-18(21-19)16-10-8-15(9-11-16)14(3)4/h8-14,17,20H,5-7H2,1-4H3. The monoisotopic (exact) mass is 301 g/mol. The molecule has 1 nitrogen and oxygen atoms in total.